The summed E-state index contributed by atoms with van der Waals surface area (Å²) in [5.41, 5.74) is 0.854. The molecule has 5 nitrogen and oxygen atoms in total. The molecule has 0 unspecified atom stereocenters. The van der Waals surface area contributed by atoms with Crippen molar-refractivity contribution >= 4 is 5.97 Å². The van der Waals surface area contributed by atoms with Gasteiger partial charge in [-0.05, 0) is 20.8 Å². The van der Waals surface area contributed by atoms with E-state index in [0.29, 0.717) is 6.54 Å². The van der Waals surface area contributed by atoms with Crippen LogP contribution in [-0.2, 0) is 18.4 Å². The Morgan fingerprint density at radius 2 is 2.19 bits per heavy atom. The van der Waals surface area contributed by atoms with Crippen LogP contribution in [0.4, 0.5) is 0 Å². The van der Waals surface area contributed by atoms with Crippen molar-refractivity contribution in [2.75, 3.05) is 6.54 Å². The lowest BCUT2D eigenvalue weighted by atomic mass is 10.1. The molecule has 0 aromatic carbocycles. The van der Waals surface area contributed by atoms with Crippen molar-refractivity contribution in [2.45, 2.75) is 32.9 Å². The number of aliphatic carboxylic acids is 1. The molecule has 90 valence electrons. The number of rotatable bonds is 4. The average molecular weight is 225 g/mol. The number of aromatic nitrogens is 2. The van der Waals surface area contributed by atoms with Crippen LogP contribution < -0.4 is 0 Å². The summed E-state index contributed by atoms with van der Waals surface area (Å²) in [6, 6.07) is 0. The summed E-state index contributed by atoms with van der Waals surface area (Å²) in [4.78, 5) is 12.7. The van der Waals surface area contributed by atoms with Crippen molar-refractivity contribution in [3.8, 4) is 0 Å². The zero-order chi connectivity index (χ0) is 12.3. The molecule has 0 radical (unpaired) electrons. The summed E-state index contributed by atoms with van der Waals surface area (Å²) in [5.74, 6) is -0.807. The highest BCUT2D eigenvalue weighted by Crippen LogP contribution is 2.16. The topological polar surface area (TPSA) is 58.4 Å². The third-order valence-electron chi connectivity index (χ3n) is 2.41. The highest BCUT2D eigenvalue weighted by atomic mass is 16.4. The Morgan fingerprint density at radius 3 is 2.56 bits per heavy atom. The van der Waals surface area contributed by atoms with E-state index in [-0.39, 0.29) is 12.1 Å². The molecule has 0 aliphatic heterocycles. The summed E-state index contributed by atoms with van der Waals surface area (Å²) < 4.78 is 1.72. The van der Waals surface area contributed by atoms with Gasteiger partial charge in [0.2, 0.25) is 0 Å². The second kappa shape index (κ2) is 4.65. The summed E-state index contributed by atoms with van der Waals surface area (Å²) in [5, 5.41) is 12.9. The standard InChI is InChI=1S/C11H19N3O2/c1-11(2,3)14(8-10(15)16)7-9-5-12-13(4)6-9/h5-6H,7-8H2,1-4H3,(H,15,16). The van der Waals surface area contributed by atoms with Crippen LogP contribution in [0.1, 0.15) is 26.3 Å². The van der Waals surface area contributed by atoms with E-state index in [1.54, 1.807) is 10.9 Å². The molecule has 1 N–H and O–H groups in total. The van der Waals surface area contributed by atoms with Crippen LogP contribution in [0.3, 0.4) is 0 Å². The first-order valence-corrected chi connectivity index (χ1v) is 5.23. The first-order valence-electron chi connectivity index (χ1n) is 5.23. The molecule has 0 bridgehead atoms. The van der Waals surface area contributed by atoms with Crippen LogP contribution in [0.25, 0.3) is 0 Å². The molecule has 0 saturated carbocycles. The fraction of sp³-hybridized carbons (Fsp3) is 0.636. The molecule has 16 heavy (non-hydrogen) atoms. The van der Waals surface area contributed by atoms with E-state index in [1.807, 2.05) is 38.9 Å². The van der Waals surface area contributed by atoms with Crippen LogP contribution in [0, 0.1) is 0 Å². The number of nitrogens with zero attached hydrogens (tertiary/aromatic N) is 3. The first-order chi connectivity index (χ1) is 7.29. The minimum atomic E-state index is -0.807. The fourth-order valence-corrected chi connectivity index (χ4v) is 1.47. The molecular weight excluding hydrogens is 206 g/mol. The van der Waals surface area contributed by atoms with Crippen molar-refractivity contribution < 1.29 is 9.90 Å². The molecular formula is C11H19N3O2. The Morgan fingerprint density at radius 1 is 1.56 bits per heavy atom. The quantitative estimate of drug-likeness (QED) is 0.833. The normalized spacial score (nSPS) is 12.1. The Labute approximate surface area is 95.7 Å². The smallest absolute Gasteiger partial charge is 0.317 e. The van der Waals surface area contributed by atoms with Crippen LogP contribution >= 0.6 is 0 Å². The molecule has 1 heterocycles. The second-order valence-electron chi connectivity index (χ2n) is 4.94. The van der Waals surface area contributed by atoms with Gasteiger partial charge < -0.3 is 5.11 Å². The van der Waals surface area contributed by atoms with Crippen molar-refractivity contribution in [3.63, 3.8) is 0 Å². The Balaban J connectivity index is 2.74. The number of aryl methyl sites for hydroxylation is 1. The maximum absolute atomic E-state index is 10.8. The van der Waals surface area contributed by atoms with Gasteiger partial charge in [0.25, 0.3) is 0 Å². The Kier molecular flexibility index (Phi) is 3.70. The fourth-order valence-electron chi connectivity index (χ4n) is 1.47. The van der Waals surface area contributed by atoms with Gasteiger partial charge in [-0.1, -0.05) is 0 Å². The predicted octanol–water partition coefficient (Wildman–Crippen LogP) is 1.11. The summed E-state index contributed by atoms with van der Waals surface area (Å²) >= 11 is 0. The highest BCUT2D eigenvalue weighted by molar-refractivity contribution is 5.69. The minimum absolute atomic E-state index is 0.0401. The molecule has 0 amide bonds. The Bertz CT molecular complexity index is 366. The van der Waals surface area contributed by atoms with Gasteiger partial charge in [0.05, 0.1) is 12.7 Å². The zero-order valence-electron chi connectivity index (χ0n) is 10.3. The molecule has 0 aliphatic carbocycles. The van der Waals surface area contributed by atoms with E-state index in [1.165, 1.54) is 0 Å². The number of hydrogen-bond donors (Lipinski definition) is 1. The van der Waals surface area contributed by atoms with Gasteiger partial charge in [0, 0.05) is 30.9 Å². The van der Waals surface area contributed by atoms with Crippen molar-refractivity contribution in [1.29, 1.82) is 0 Å². The van der Waals surface area contributed by atoms with Crippen LogP contribution in [-0.4, -0.2) is 37.8 Å². The Hall–Kier alpha value is -1.36. The van der Waals surface area contributed by atoms with Gasteiger partial charge in [0.15, 0.2) is 0 Å². The second-order valence-corrected chi connectivity index (χ2v) is 4.94. The number of carboxylic acid groups (broad SMARTS) is 1. The summed E-state index contributed by atoms with van der Waals surface area (Å²) in [7, 11) is 1.85. The first kappa shape index (κ1) is 12.7. The van der Waals surface area contributed by atoms with Crippen molar-refractivity contribution in [2.24, 2.45) is 7.05 Å². The van der Waals surface area contributed by atoms with Crippen molar-refractivity contribution in [3.05, 3.63) is 18.0 Å². The molecule has 0 fully saturated rings. The summed E-state index contributed by atoms with van der Waals surface area (Å²) in [6.45, 7) is 6.66. The minimum Gasteiger partial charge on any atom is -0.480 e. The van der Waals surface area contributed by atoms with Gasteiger partial charge in [0.1, 0.15) is 0 Å². The predicted molar refractivity (Wildman–Crippen MR) is 61.0 cm³/mol. The molecule has 0 atom stereocenters. The molecule has 0 saturated heterocycles. The maximum Gasteiger partial charge on any atom is 0.317 e. The maximum atomic E-state index is 10.8. The lowest BCUT2D eigenvalue weighted by Gasteiger charge is -2.33. The molecule has 5 heteroatoms. The number of carboxylic acids is 1. The van der Waals surface area contributed by atoms with Crippen LogP contribution in [0.15, 0.2) is 12.4 Å². The monoisotopic (exact) mass is 225 g/mol. The lowest BCUT2D eigenvalue weighted by Crippen LogP contribution is -2.43. The van der Waals surface area contributed by atoms with E-state index in [9.17, 15) is 4.79 Å². The SMILES string of the molecule is Cn1cc(CN(CC(=O)O)C(C)(C)C)cn1. The number of carbonyl (C=O) groups is 1. The van der Waals surface area contributed by atoms with Crippen LogP contribution in [0.2, 0.25) is 0 Å². The summed E-state index contributed by atoms with van der Waals surface area (Å²) in [6.07, 6.45) is 3.67. The largest absolute Gasteiger partial charge is 0.480 e. The van der Waals surface area contributed by atoms with Gasteiger partial charge in [-0.3, -0.25) is 14.4 Å². The van der Waals surface area contributed by atoms with Gasteiger partial charge in [-0.2, -0.15) is 5.10 Å². The third kappa shape index (κ3) is 3.66. The molecule has 1 aromatic heterocycles. The lowest BCUT2D eigenvalue weighted by molar-refractivity contribution is -0.139. The zero-order valence-corrected chi connectivity index (χ0v) is 10.3. The van der Waals surface area contributed by atoms with Gasteiger partial charge in [-0.15, -0.1) is 0 Å². The van der Waals surface area contributed by atoms with Gasteiger partial charge >= 0.3 is 5.97 Å². The molecule has 0 spiro atoms. The third-order valence-corrected chi connectivity index (χ3v) is 2.41. The molecule has 1 rings (SSSR count). The molecule has 0 aliphatic rings. The van der Waals surface area contributed by atoms with Crippen molar-refractivity contribution in [1.82, 2.24) is 14.7 Å². The van der Waals surface area contributed by atoms with E-state index >= 15 is 0 Å². The van der Waals surface area contributed by atoms with E-state index in [0.717, 1.165) is 5.56 Å². The van der Waals surface area contributed by atoms with Crippen LogP contribution in [0.5, 0.6) is 0 Å². The number of hydrogen-bond acceptors (Lipinski definition) is 3. The van der Waals surface area contributed by atoms with E-state index in [4.69, 9.17) is 5.11 Å². The van der Waals surface area contributed by atoms with Gasteiger partial charge in [-0.25, -0.2) is 0 Å². The van der Waals surface area contributed by atoms with E-state index < -0.39 is 5.97 Å². The molecule has 1 aromatic rings. The highest BCUT2D eigenvalue weighted by Gasteiger charge is 2.23. The van der Waals surface area contributed by atoms with E-state index in [2.05, 4.69) is 5.10 Å². The average Bonchev–Trinajstić information content (AvgIpc) is 2.47.